The third-order valence-electron chi connectivity index (χ3n) is 4.90. The standard InChI is InChI=1S/C21H18Cl2N2O7/c1-31-15(26)9-13-18(21(29)30)19(16-10(22)3-2-4-11(16)23)17(20(27)28)12(25-13)5-6-14-24-7-8-32-14/h2-4,7-8,19,25H,5-6,9H2,1H3,(H,27,28)(H,29,30). The summed E-state index contributed by atoms with van der Waals surface area (Å²) in [4.78, 5) is 40.6. The Hall–Kier alpha value is -3.30. The normalized spacial score (nSPS) is 16.0. The van der Waals surface area contributed by atoms with Gasteiger partial charge in [0.2, 0.25) is 0 Å². The van der Waals surface area contributed by atoms with E-state index in [-0.39, 0.29) is 51.0 Å². The molecule has 9 nitrogen and oxygen atoms in total. The van der Waals surface area contributed by atoms with Gasteiger partial charge in [-0.3, -0.25) is 4.79 Å². The number of aliphatic carboxylic acids is 2. The zero-order valence-electron chi connectivity index (χ0n) is 16.7. The first kappa shape index (κ1) is 23.4. The monoisotopic (exact) mass is 480 g/mol. The first-order valence-electron chi connectivity index (χ1n) is 9.33. The molecule has 2 heterocycles. The van der Waals surface area contributed by atoms with Gasteiger partial charge in [-0.15, -0.1) is 0 Å². The van der Waals surface area contributed by atoms with Gasteiger partial charge in [-0.05, 0) is 18.6 Å². The van der Waals surface area contributed by atoms with Crippen molar-refractivity contribution in [3.05, 3.63) is 74.7 Å². The van der Waals surface area contributed by atoms with Crippen LogP contribution in [0.15, 0.2) is 57.6 Å². The molecule has 168 valence electrons. The summed E-state index contributed by atoms with van der Waals surface area (Å²) in [5.74, 6) is -4.48. The Balaban J connectivity index is 2.23. The van der Waals surface area contributed by atoms with Gasteiger partial charge in [0.1, 0.15) is 6.26 Å². The molecule has 3 N–H and O–H groups in total. The number of rotatable bonds is 8. The van der Waals surface area contributed by atoms with Crippen molar-refractivity contribution < 1.29 is 33.8 Å². The Morgan fingerprint density at radius 3 is 2.25 bits per heavy atom. The van der Waals surface area contributed by atoms with Gasteiger partial charge < -0.3 is 24.7 Å². The highest BCUT2D eigenvalue weighted by Crippen LogP contribution is 2.45. The number of aromatic nitrogens is 1. The number of carbonyl (C=O) groups is 3. The van der Waals surface area contributed by atoms with E-state index >= 15 is 0 Å². The number of ether oxygens (including phenoxy) is 1. The van der Waals surface area contributed by atoms with E-state index in [4.69, 9.17) is 27.6 Å². The summed E-state index contributed by atoms with van der Waals surface area (Å²) >= 11 is 12.7. The van der Waals surface area contributed by atoms with Crippen LogP contribution in [0.3, 0.4) is 0 Å². The smallest absolute Gasteiger partial charge is 0.334 e. The third-order valence-corrected chi connectivity index (χ3v) is 5.56. The number of esters is 1. The molecular formula is C21H18Cl2N2O7. The maximum absolute atomic E-state index is 12.4. The van der Waals surface area contributed by atoms with Gasteiger partial charge in [-0.2, -0.15) is 0 Å². The molecule has 3 rings (SSSR count). The van der Waals surface area contributed by atoms with Crippen molar-refractivity contribution in [2.24, 2.45) is 0 Å². The number of halogens is 2. The topological polar surface area (TPSA) is 139 Å². The molecule has 0 fully saturated rings. The van der Waals surface area contributed by atoms with Gasteiger partial charge in [0, 0.05) is 33.4 Å². The van der Waals surface area contributed by atoms with Crippen LogP contribution in [0.1, 0.15) is 30.2 Å². The van der Waals surface area contributed by atoms with Crippen LogP contribution >= 0.6 is 23.2 Å². The molecule has 0 saturated heterocycles. The number of hydrogen-bond acceptors (Lipinski definition) is 7. The SMILES string of the molecule is COC(=O)CC1=C(C(=O)O)C(c2c(Cl)cccc2Cl)C(C(=O)O)=C(CCc2ncco2)N1. The van der Waals surface area contributed by atoms with Crippen LogP contribution in [0.5, 0.6) is 0 Å². The van der Waals surface area contributed by atoms with Gasteiger partial charge >= 0.3 is 17.9 Å². The average molecular weight is 481 g/mol. The molecule has 2 aromatic rings. The lowest BCUT2D eigenvalue weighted by molar-refractivity contribution is -0.139. The number of nitrogens with zero attached hydrogens (tertiary/aromatic N) is 1. The van der Waals surface area contributed by atoms with Crippen LogP contribution in [-0.4, -0.2) is 40.2 Å². The highest BCUT2D eigenvalue weighted by Gasteiger charge is 2.40. The number of methoxy groups -OCH3 is 1. The van der Waals surface area contributed by atoms with E-state index in [0.29, 0.717) is 5.89 Å². The fourth-order valence-corrected chi connectivity index (χ4v) is 4.17. The van der Waals surface area contributed by atoms with Gasteiger partial charge in [0.25, 0.3) is 0 Å². The highest BCUT2D eigenvalue weighted by atomic mass is 35.5. The average Bonchev–Trinajstić information content (AvgIpc) is 3.25. The van der Waals surface area contributed by atoms with Crippen molar-refractivity contribution in [1.82, 2.24) is 10.3 Å². The molecule has 1 aromatic heterocycles. The number of carboxylic acids is 2. The lowest BCUT2D eigenvalue weighted by Gasteiger charge is -2.31. The Kier molecular flexibility index (Phi) is 7.22. The zero-order chi connectivity index (χ0) is 23.4. The second-order valence-electron chi connectivity index (χ2n) is 6.77. The summed E-state index contributed by atoms with van der Waals surface area (Å²) in [7, 11) is 1.16. The zero-order valence-corrected chi connectivity index (χ0v) is 18.2. The predicted octanol–water partition coefficient (Wildman–Crippen LogP) is 3.54. The van der Waals surface area contributed by atoms with Crippen LogP contribution in [-0.2, 0) is 25.5 Å². The molecule has 0 amide bonds. The van der Waals surface area contributed by atoms with Gasteiger partial charge in [-0.1, -0.05) is 29.3 Å². The van der Waals surface area contributed by atoms with Crippen molar-refractivity contribution in [2.45, 2.75) is 25.2 Å². The summed E-state index contributed by atoms with van der Waals surface area (Å²) in [5, 5.41) is 23.1. The first-order valence-corrected chi connectivity index (χ1v) is 10.1. The number of hydrogen-bond donors (Lipinski definition) is 3. The molecule has 32 heavy (non-hydrogen) atoms. The van der Waals surface area contributed by atoms with E-state index in [0.717, 1.165) is 7.11 Å². The molecule has 0 radical (unpaired) electrons. The number of carboxylic acid groups (broad SMARTS) is 2. The molecule has 0 aliphatic carbocycles. The van der Waals surface area contributed by atoms with E-state index in [1.54, 1.807) is 6.07 Å². The predicted molar refractivity (Wildman–Crippen MR) is 113 cm³/mol. The highest BCUT2D eigenvalue weighted by molar-refractivity contribution is 6.36. The van der Waals surface area contributed by atoms with Crippen LogP contribution in [0.2, 0.25) is 10.0 Å². The number of oxazole rings is 1. The Morgan fingerprint density at radius 2 is 1.72 bits per heavy atom. The maximum Gasteiger partial charge on any atom is 0.334 e. The molecule has 11 heteroatoms. The van der Waals surface area contributed by atoms with Crippen LogP contribution in [0.4, 0.5) is 0 Å². The number of allylic oxidation sites excluding steroid dienone is 1. The van der Waals surface area contributed by atoms with Crippen LogP contribution in [0, 0.1) is 0 Å². The number of dihydropyridines is 1. The van der Waals surface area contributed by atoms with Crippen LogP contribution < -0.4 is 5.32 Å². The Morgan fingerprint density at radius 1 is 1.09 bits per heavy atom. The number of benzene rings is 1. The van der Waals surface area contributed by atoms with Crippen LogP contribution in [0.25, 0.3) is 0 Å². The lowest BCUT2D eigenvalue weighted by Crippen LogP contribution is -2.34. The molecule has 1 unspecified atom stereocenters. The largest absolute Gasteiger partial charge is 0.478 e. The minimum Gasteiger partial charge on any atom is -0.478 e. The summed E-state index contributed by atoms with van der Waals surface area (Å²) in [6, 6.07) is 4.52. The Bertz CT molecular complexity index is 1100. The third kappa shape index (κ3) is 4.79. The van der Waals surface area contributed by atoms with Crippen molar-refractivity contribution in [2.75, 3.05) is 7.11 Å². The van der Waals surface area contributed by atoms with Gasteiger partial charge in [0.15, 0.2) is 5.89 Å². The molecular weight excluding hydrogens is 463 g/mol. The van der Waals surface area contributed by atoms with E-state index in [9.17, 15) is 24.6 Å². The Labute approximate surface area is 192 Å². The number of nitrogens with one attached hydrogen (secondary N) is 1. The van der Waals surface area contributed by atoms with E-state index in [2.05, 4.69) is 15.0 Å². The van der Waals surface area contributed by atoms with Crippen molar-refractivity contribution in [1.29, 1.82) is 0 Å². The minimum absolute atomic E-state index is 0.0160. The number of aryl methyl sites for hydroxylation is 1. The van der Waals surface area contributed by atoms with E-state index in [1.807, 2.05) is 0 Å². The molecule has 0 spiro atoms. The van der Waals surface area contributed by atoms with Crippen molar-refractivity contribution in [3.8, 4) is 0 Å². The molecule has 0 saturated carbocycles. The van der Waals surface area contributed by atoms with Gasteiger partial charge in [-0.25, -0.2) is 14.6 Å². The van der Waals surface area contributed by atoms with Gasteiger partial charge in [0.05, 0.1) is 36.8 Å². The number of carbonyl (C=O) groups excluding carboxylic acids is 1. The van der Waals surface area contributed by atoms with E-state index < -0.39 is 30.2 Å². The molecule has 1 atom stereocenters. The second kappa shape index (κ2) is 9.88. The quantitative estimate of drug-likeness (QED) is 0.483. The molecule has 1 aliphatic heterocycles. The fraction of sp³-hybridized carbons (Fsp3) is 0.238. The minimum atomic E-state index is -1.43. The summed E-state index contributed by atoms with van der Waals surface area (Å²) < 4.78 is 9.89. The van der Waals surface area contributed by atoms with Crippen molar-refractivity contribution >= 4 is 41.1 Å². The fourth-order valence-electron chi connectivity index (χ4n) is 3.55. The van der Waals surface area contributed by atoms with E-state index in [1.165, 1.54) is 24.6 Å². The second-order valence-corrected chi connectivity index (χ2v) is 7.58. The first-order chi connectivity index (χ1) is 15.2. The summed E-state index contributed by atoms with van der Waals surface area (Å²) in [5.41, 5.74) is -0.332. The lowest BCUT2D eigenvalue weighted by atomic mass is 9.79. The molecule has 1 aliphatic rings. The van der Waals surface area contributed by atoms with Crippen molar-refractivity contribution in [3.63, 3.8) is 0 Å². The molecule has 0 bridgehead atoms. The molecule has 1 aromatic carbocycles. The summed E-state index contributed by atoms with van der Waals surface area (Å²) in [6.45, 7) is 0. The summed E-state index contributed by atoms with van der Waals surface area (Å²) in [6.07, 6.45) is 2.74. The maximum atomic E-state index is 12.4.